The second-order valence-electron chi connectivity index (χ2n) is 7.92. The van der Waals surface area contributed by atoms with E-state index in [-0.39, 0.29) is 10.8 Å². The number of hydrogen-bond acceptors (Lipinski definition) is 4. The van der Waals surface area contributed by atoms with Crippen molar-refractivity contribution < 1.29 is 13.2 Å². The second kappa shape index (κ2) is 11.7. The molecule has 0 spiro atoms. The van der Waals surface area contributed by atoms with Crippen LogP contribution >= 0.6 is 0 Å². The number of carbonyl (C=O) groups excluding carboxylic acids is 1. The van der Waals surface area contributed by atoms with Crippen molar-refractivity contribution in [2.45, 2.75) is 70.2 Å². The van der Waals surface area contributed by atoms with Crippen LogP contribution in [0.4, 0.5) is 0 Å². The van der Waals surface area contributed by atoms with Gasteiger partial charge < -0.3 is 10.2 Å². The van der Waals surface area contributed by atoms with E-state index >= 15 is 0 Å². The maximum Gasteiger partial charge on any atom is 0.251 e. The van der Waals surface area contributed by atoms with Crippen molar-refractivity contribution in [1.29, 1.82) is 0 Å². The molecule has 6 nitrogen and oxygen atoms in total. The number of rotatable bonds is 11. The molecule has 0 bridgehead atoms. The molecule has 1 aliphatic heterocycles. The molecule has 0 aromatic heterocycles. The Morgan fingerprint density at radius 3 is 2.38 bits per heavy atom. The fraction of sp³-hybridized carbons (Fsp3) is 0.682. The molecular weight excluding hydrogens is 386 g/mol. The van der Waals surface area contributed by atoms with Crippen molar-refractivity contribution in [3.05, 3.63) is 29.8 Å². The Morgan fingerprint density at radius 2 is 1.79 bits per heavy atom. The fourth-order valence-electron chi connectivity index (χ4n) is 3.85. The van der Waals surface area contributed by atoms with E-state index < -0.39 is 10.0 Å². The molecule has 0 saturated carbocycles. The van der Waals surface area contributed by atoms with Crippen molar-refractivity contribution in [2.24, 2.45) is 0 Å². The van der Waals surface area contributed by atoms with Gasteiger partial charge in [0.2, 0.25) is 10.0 Å². The first-order chi connectivity index (χ1) is 13.9. The lowest BCUT2D eigenvalue weighted by atomic mass is 10.0. The highest BCUT2D eigenvalue weighted by molar-refractivity contribution is 7.89. The van der Waals surface area contributed by atoms with E-state index in [1.165, 1.54) is 35.7 Å². The summed E-state index contributed by atoms with van der Waals surface area (Å²) in [5.41, 5.74) is 0.493. The Bertz CT molecular complexity index is 728. The zero-order valence-electron chi connectivity index (χ0n) is 18.2. The molecule has 29 heavy (non-hydrogen) atoms. The molecule has 7 heteroatoms. The van der Waals surface area contributed by atoms with Crippen LogP contribution in [0.2, 0.25) is 0 Å². The maximum absolute atomic E-state index is 12.8. The molecule has 0 aliphatic carbocycles. The van der Waals surface area contributed by atoms with Gasteiger partial charge in [0.1, 0.15) is 0 Å². The van der Waals surface area contributed by atoms with Gasteiger partial charge in [0.05, 0.1) is 4.90 Å². The van der Waals surface area contributed by atoms with Crippen LogP contribution in [-0.2, 0) is 10.0 Å². The van der Waals surface area contributed by atoms with E-state index in [0.717, 1.165) is 32.4 Å². The molecule has 1 aromatic carbocycles. The summed E-state index contributed by atoms with van der Waals surface area (Å²) >= 11 is 0. The van der Waals surface area contributed by atoms with Crippen molar-refractivity contribution in [1.82, 2.24) is 14.5 Å². The highest BCUT2D eigenvalue weighted by Crippen LogP contribution is 2.18. The van der Waals surface area contributed by atoms with E-state index in [4.69, 9.17) is 0 Å². The lowest BCUT2D eigenvalue weighted by molar-refractivity contribution is 0.0948. The monoisotopic (exact) mass is 423 g/mol. The predicted octanol–water partition coefficient (Wildman–Crippen LogP) is 3.49. The minimum Gasteiger partial charge on any atom is -0.352 e. The third kappa shape index (κ3) is 6.79. The minimum atomic E-state index is -3.51. The number of amides is 1. The molecule has 1 aromatic rings. The van der Waals surface area contributed by atoms with Crippen LogP contribution in [0.5, 0.6) is 0 Å². The average Bonchev–Trinajstić information content (AvgIpc) is 2.72. The summed E-state index contributed by atoms with van der Waals surface area (Å²) in [5.74, 6) is -0.153. The molecule has 2 rings (SSSR count). The van der Waals surface area contributed by atoms with Crippen LogP contribution in [0.15, 0.2) is 29.2 Å². The Labute approximate surface area is 176 Å². The molecule has 1 atom stereocenters. The zero-order valence-corrected chi connectivity index (χ0v) is 19.0. The zero-order chi connectivity index (χ0) is 21.3. The summed E-state index contributed by atoms with van der Waals surface area (Å²) in [5, 5.41) is 2.95. The first-order valence-electron chi connectivity index (χ1n) is 11.0. The third-order valence-corrected chi connectivity index (χ3v) is 7.46. The van der Waals surface area contributed by atoms with Gasteiger partial charge in [-0.1, -0.05) is 20.3 Å². The van der Waals surface area contributed by atoms with E-state index in [2.05, 4.69) is 17.1 Å². The molecule has 1 saturated heterocycles. The summed E-state index contributed by atoms with van der Waals surface area (Å²) in [6.45, 7) is 10.0. The summed E-state index contributed by atoms with van der Waals surface area (Å²) in [4.78, 5) is 15.1. The number of nitrogens with zero attached hydrogens (tertiary/aromatic N) is 2. The lowest BCUT2D eigenvalue weighted by Gasteiger charge is -2.33. The van der Waals surface area contributed by atoms with Crippen LogP contribution in [0.3, 0.4) is 0 Å². The largest absolute Gasteiger partial charge is 0.352 e. The summed E-state index contributed by atoms with van der Waals surface area (Å²) < 4.78 is 27.1. The summed E-state index contributed by atoms with van der Waals surface area (Å²) in [6.07, 6.45) is 6.31. The quantitative estimate of drug-likeness (QED) is 0.553. The van der Waals surface area contributed by atoms with Gasteiger partial charge in [0.15, 0.2) is 0 Å². The molecule has 1 fully saturated rings. The van der Waals surface area contributed by atoms with E-state index in [1.54, 1.807) is 12.1 Å². The van der Waals surface area contributed by atoms with E-state index in [1.807, 2.05) is 13.8 Å². The van der Waals surface area contributed by atoms with Crippen LogP contribution in [0.1, 0.15) is 69.7 Å². The van der Waals surface area contributed by atoms with E-state index in [9.17, 15) is 13.2 Å². The SMILES string of the molecule is CCCN(CCC)S(=O)(=O)c1ccc(C(=O)NCCCN2CCCCC2C)cc1. The summed E-state index contributed by atoms with van der Waals surface area (Å²) in [6, 6.07) is 6.92. The van der Waals surface area contributed by atoms with Gasteiger partial charge in [0.25, 0.3) is 5.91 Å². The minimum absolute atomic E-state index is 0.153. The molecule has 1 amide bonds. The van der Waals surface area contributed by atoms with Gasteiger partial charge in [0, 0.05) is 37.8 Å². The number of likely N-dealkylation sites (tertiary alicyclic amines) is 1. The van der Waals surface area contributed by atoms with Crippen molar-refractivity contribution in [2.75, 3.05) is 32.7 Å². The highest BCUT2D eigenvalue weighted by Gasteiger charge is 2.23. The average molecular weight is 424 g/mol. The fourth-order valence-corrected chi connectivity index (χ4v) is 5.48. The number of benzene rings is 1. The molecule has 1 aliphatic rings. The maximum atomic E-state index is 12.8. The van der Waals surface area contributed by atoms with Gasteiger partial charge in [-0.05, 0) is 69.8 Å². The Kier molecular flexibility index (Phi) is 9.59. The van der Waals surface area contributed by atoms with Crippen molar-refractivity contribution in [3.8, 4) is 0 Å². The molecule has 1 heterocycles. The van der Waals surface area contributed by atoms with Gasteiger partial charge in [-0.15, -0.1) is 0 Å². The van der Waals surface area contributed by atoms with Crippen LogP contribution < -0.4 is 5.32 Å². The van der Waals surface area contributed by atoms with Crippen molar-refractivity contribution >= 4 is 15.9 Å². The highest BCUT2D eigenvalue weighted by atomic mass is 32.2. The number of hydrogen-bond donors (Lipinski definition) is 1. The first kappa shape index (κ1) is 23.8. The number of nitrogens with one attached hydrogen (secondary N) is 1. The van der Waals surface area contributed by atoms with E-state index in [0.29, 0.717) is 31.2 Å². The Morgan fingerprint density at radius 1 is 1.14 bits per heavy atom. The normalized spacial score (nSPS) is 18.1. The van der Waals surface area contributed by atoms with Gasteiger partial charge in [-0.3, -0.25) is 4.79 Å². The number of piperidine rings is 1. The standard InChI is InChI=1S/C22H37N3O3S/c1-4-15-25(16-5-2)29(27,28)21-12-10-20(11-13-21)22(26)23-14-8-18-24-17-7-6-9-19(24)3/h10-13,19H,4-9,14-18H2,1-3H3,(H,23,26). The predicted molar refractivity (Wildman–Crippen MR) is 118 cm³/mol. The summed E-state index contributed by atoms with van der Waals surface area (Å²) in [7, 11) is -3.51. The van der Waals surface area contributed by atoms with Gasteiger partial charge in [-0.25, -0.2) is 8.42 Å². The number of sulfonamides is 1. The van der Waals surface area contributed by atoms with Crippen LogP contribution in [0.25, 0.3) is 0 Å². The van der Waals surface area contributed by atoms with Gasteiger partial charge >= 0.3 is 0 Å². The second-order valence-corrected chi connectivity index (χ2v) is 9.86. The molecular formula is C22H37N3O3S. The van der Waals surface area contributed by atoms with Crippen molar-refractivity contribution in [3.63, 3.8) is 0 Å². The van der Waals surface area contributed by atoms with Gasteiger partial charge in [-0.2, -0.15) is 4.31 Å². The molecule has 0 radical (unpaired) electrons. The Hall–Kier alpha value is -1.44. The molecule has 1 N–H and O–H groups in total. The first-order valence-corrected chi connectivity index (χ1v) is 12.5. The molecule has 1 unspecified atom stereocenters. The molecule has 164 valence electrons. The topological polar surface area (TPSA) is 69.7 Å². The number of carbonyl (C=O) groups is 1. The smallest absolute Gasteiger partial charge is 0.251 e. The van der Waals surface area contributed by atoms with Crippen LogP contribution in [0, 0.1) is 0 Å². The lowest BCUT2D eigenvalue weighted by Crippen LogP contribution is -2.39. The van der Waals surface area contributed by atoms with Crippen LogP contribution in [-0.4, -0.2) is 62.3 Å². The third-order valence-electron chi connectivity index (χ3n) is 5.55. The Balaban J connectivity index is 1.87.